The van der Waals surface area contributed by atoms with Gasteiger partial charge in [0.2, 0.25) is 0 Å². The smallest absolute Gasteiger partial charge is 0.870 e. The van der Waals surface area contributed by atoms with E-state index < -0.39 is 46.1 Å². The van der Waals surface area contributed by atoms with Crippen LogP contribution in [0.5, 0.6) is 11.5 Å². The minimum atomic E-state index is -1.30. The molecule has 0 saturated carbocycles. The Kier molecular flexibility index (Phi) is 10.2. The number of nitrogens with one attached hydrogen (secondary N) is 1. The number of carboxylic acids is 1. The van der Waals surface area contributed by atoms with Gasteiger partial charge in [-0.1, -0.05) is 17.0 Å². The molecule has 4 heterocycles. The summed E-state index contributed by atoms with van der Waals surface area (Å²) in [4.78, 5) is 60.7. The van der Waals surface area contributed by atoms with Gasteiger partial charge in [-0.15, -0.1) is 46.2 Å². The number of rotatable bonds is 8. The minimum Gasteiger partial charge on any atom is -0.870 e. The van der Waals surface area contributed by atoms with E-state index in [1.165, 1.54) is 42.1 Å². The van der Waals surface area contributed by atoms with Crippen molar-refractivity contribution in [3.63, 3.8) is 0 Å². The number of β-lactam (4-membered cyclic amide) rings is 1. The fourth-order valence-corrected chi connectivity index (χ4v) is 9.03. The Morgan fingerprint density at radius 3 is 2.76 bits per heavy atom. The standard InChI is InChI=1S/C23H18BrN5O8S4.Na/c1-37-28-14(9-6-40-23(25)26-9)19(33)27-15-20(34)29-16(22(35)36)7(5-39-21(15)29)4-38-12-3-10(30)8-2-11(31)17(32)13(24)18(8)41-12;/h2-3,6,15,21,31-32H,4-5H2,1H3,(H2,25,26)(H,27,33)(H,35,36);/q;+1/p-1/b28-14+;/t15-,21-;/m1./s1. The van der Waals surface area contributed by atoms with Crippen molar-refractivity contribution in [3.05, 3.63) is 49.2 Å². The van der Waals surface area contributed by atoms with Gasteiger partial charge in [-0.3, -0.25) is 19.3 Å². The maximum Gasteiger partial charge on any atom is 1.00 e. The molecule has 2 aliphatic rings. The molecule has 0 unspecified atom stereocenters. The van der Waals surface area contributed by atoms with Crippen LogP contribution in [0.25, 0.3) is 10.1 Å². The molecule has 0 spiro atoms. The second-order valence-corrected chi connectivity index (χ2v) is 13.6. The van der Waals surface area contributed by atoms with Gasteiger partial charge in [0.15, 0.2) is 16.3 Å². The van der Waals surface area contributed by atoms with Crippen LogP contribution in [-0.2, 0) is 19.2 Å². The zero-order chi connectivity index (χ0) is 29.6. The SMILES string of the molecule is CO/N=C(/C(=O)N[C@@H]1C(=O)N2C(C(=O)O)=C(CSc3cc(=O)c4cc([O-])c(O)c(Br)c4s3)CS[C@H]12)c1csc(N)n1.[Na+]. The first-order chi connectivity index (χ1) is 19.5. The third-order valence-electron chi connectivity index (χ3n) is 5.97. The number of carboxylic acid groups (broad SMARTS) is 1. The van der Waals surface area contributed by atoms with Gasteiger partial charge in [0.1, 0.15) is 35.7 Å². The number of phenolic OH excluding ortho intramolecular Hbond substituents is 1. The van der Waals surface area contributed by atoms with Crippen LogP contribution in [0.2, 0.25) is 0 Å². The number of fused-ring (bicyclic) bond motifs is 2. The van der Waals surface area contributed by atoms with E-state index in [1.54, 1.807) is 0 Å². The third-order valence-corrected chi connectivity index (χ3v) is 11.5. The van der Waals surface area contributed by atoms with E-state index in [-0.39, 0.29) is 73.2 Å². The molecule has 2 aromatic heterocycles. The summed E-state index contributed by atoms with van der Waals surface area (Å²) >= 11 is 7.90. The Labute approximate surface area is 283 Å². The minimum absolute atomic E-state index is 0. The van der Waals surface area contributed by atoms with Crippen molar-refractivity contribution in [2.75, 3.05) is 24.3 Å². The first-order valence-corrected chi connectivity index (χ1v) is 15.9. The Hall–Kier alpha value is -2.32. The van der Waals surface area contributed by atoms with Crippen LogP contribution >= 0.6 is 62.1 Å². The maximum atomic E-state index is 13.1. The molecule has 214 valence electrons. The van der Waals surface area contributed by atoms with Crippen molar-refractivity contribution in [2.24, 2.45) is 5.16 Å². The molecule has 0 radical (unpaired) electrons. The molecule has 0 aliphatic carbocycles. The summed E-state index contributed by atoms with van der Waals surface area (Å²) in [5.41, 5.74) is 5.49. The molecule has 2 atom stereocenters. The van der Waals surface area contributed by atoms with E-state index in [2.05, 4.69) is 31.4 Å². The van der Waals surface area contributed by atoms with Crippen molar-refractivity contribution in [1.82, 2.24) is 15.2 Å². The monoisotopic (exact) mass is 721 g/mol. The number of aliphatic carboxylic acids is 1. The van der Waals surface area contributed by atoms with Crippen LogP contribution in [0.4, 0.5) is 5.13 Å². The molecule has 3 aromatic rings. The number of oxime groups is 1. The number of nitrogen functional groups attached to an aromatic ring is 1. The van der Waals surface area contributed by atoms with Crippen molar-refractivity contribution >= 4 is 101 Å². The van der Waals surface area contributed by atoms with Gasteiger partial charge in [-0.25, -0.2) is 9.78 Å². The molecule has 5 N–H and O–H groups in total. The average Bonchev–Trinajstić information content (AvgIpc) is 3.37. The number of benzene rings is 1. The molecule has 0 bridgehead atoms. The summed E-state index contributed by atoms with van der Waals surface area (Å²) in [5.74, 6) is -3.41. The van der Waals surface area contributed by atoms with Gasteiger partial charge in [0.05, 0.1) is 13.4 Å². The molecule has 1 aromatic carbocycles. The molecule has 2 aliphatic heterocycles. The second-order valence-electron chi connectivity index (χ2n) is 8.44. The summed E-state index contributed by atoms with van der Waals surface area (Å²) in [6, 6.07) is 1.42. The van der Waals surface area contributed by atoms with E-state index in [9.17, 15) is 34.5 Å². The second kappa shape index (κ2) is 13.1. The normalized spacial score (nSPS) is 18.3. The van der Waals surface area contributed by atoms with E-state index in [0.29, 0.717) is 14.5 Å². The van der Waals surface area contributed by atoms with Gasteiger partial charge in [0, 0.05) is 28.3 Å². The molecule has 5 rings (SSSR count). The number of aromatic hydroxyl groups is 1. The number of thioether (sulfide) groups is 2. The maximum absolute atomic E-state index is 13.1. The van der Waals surface area contributed by atoms with E-state index in [1.807, 2.05) is 0 Å². The molecular formula is C23H17BrN5NaO8S4. The number of amides is 2. The molecule has 42 heavy (non-hydrogen) atoms. The average molecular weight is 723 g/mol. The van der Waals surface area contributed by atoms with Gasteiger partial charge >= 0.3 is 35.5 Å². The number of carbonyl (C=O) groups excluding carboxylic acids is 2. The number of anilines is 1. The van der Waals surface area contributed by atoms with Crippen LogP contribution < -0.4 is 51.1 Å². The van der Waals surface area contributed by atoms with Crippen LogP contribution in [0.3, 0.4) is 0 Å². The zero-order valence-corrected chi connectivity index (χ0v) is 28.4. The Morgan fingerprint density at radius 1 is 1.38 bits per heavy atom. The number of nitrogens with zero attached hydrogens (tertiary/aromatic N) is 3. The first kappa shape index (κ1) is 32.6. The molecule has 1 fully saturated rings. The summed E-state index contributed by atoms with van der Waals surface area (Å²) in [6.45, 7) is 0. The fraction of sp³-hybridized carbons (Fsp3) is 0.217. The van der Waals surface area contributed by atoms with Gasteiger partial charge in [-0.2, -0.15) is 0 Å². The number of thiazole rings is 1. The number of aromatic nitrogens is 1. The number of phenols is 1. The van der Waals surface area contributed by atoms with Crippen molar-refractivity contribution < 1.29 is 64.1 Å². The number of halogens is 1. The summed E-state index contributed by atoms with van der Waals surface area (Å²) < 4.78 is 1.02. The number of carbonyl (C=O) groups is 3. The Balaban J connectivity index is 0.00000405. The van der Waals surface area contributed by atoms with E-state index in [0.717, 1.165) is 33.6 Å². The van der Waals surface area contributed by atoms with Crippen LogP contribution in [-0.4, -0.2) is 73.6 Å². The predicted octanol–water partition coefficient (Wildman–Crippen LogP) is -1.27. The molecule has 2 amide bonds. The van der Waals surface area contributed by atoms with E-state index in [4.69, 9.17) is 10.6 Å². The van der Waals surface area contributed by atoms with Gasteiger partial charge in [0.25, 0.3) is 11.8 Å². The van der Waals surface area contributed by atoms with E-state index >= 15 is 0 Å². The molecule has 1 saturated heterocycles. The summed E-state index contributed by atoms with van der Waals surface area (Å²) in [5, 5.41) is 39.3. The third kappa shape index (κ3) is 6.03. The number of nitrogens with two attached hydrogens (primary N) is 1. The van der Waals surface area contributed by atoms with Crippen LogP contribution in [0.1, 0.15) is 5.69 Å². The fourth-order valence-electron chi connectivity index (χ4n) is 4.12. The first-order valence-electron chi connectivity index (χ1n) is 11.3. The predicted molar refractivity (Wildman–Crippen MR) is 157 cm³/mol. The largest absolute Gasteiger partial charge is 1.00 e. The number of hydrogen-bond donors (Lipinski definition) is 4. The van der Waals surface area contributed by atoms with Gasteiger partial charge < -0.3 is 31.2 Å². The van der Waals surface area contributed by atoms with Gasteiger partial charge in [-0.05, 0) is 21.5 Å². The summed E-state index contributed by atoms with van der Waals surface area (Å²) in [6.07, 6.45) is 0. The van der Waals surface area contributed by atoms with Crippen molar-refractivity contribution in [1.29, 1.82) is 0 Å². The zero-order valence-electron chi connectivity index (χ0n) is 21.6. The van der Waals surface area contributed by atoms with Crippen molar-refractivity contribution in [2.45, 2.75) is 15.6 Å². The summed E-state index contributed by atoms with van der Waals surface area (Å²) in [7, 11) is 1.25. The van der Waals surface area contributed by atoms with Crippen molar-refractivity contribution in [3.8, 4) is 11.5 Å². The Bertz CT molecular complexity index is 1750. The van der Waals surface area contributed by atoms with Crippen LogP contribution in [0, 0.1) is 0 Å². The molecule has 19 heteroatoms. The van der Waals surface area contributed by atoms with Crippen LogP contribution in [0.15, 0.2) is 47.4 Å². The number of hydrogen-bond acceptors (Lipinski definition) is 14. The molecule has 13 nitrogen and oxygen atoms in total. The quantitative estimate of drug-likeness (QED) is 0.0706. The molecular weight excluding hydrogens is 705 g/mol. The Morgan fingerprint density at radius 2 is 2.12 bits per heavy atom. The topological polar surface area (TPSA) is 208 Å².